The molecule has 0 amide bonds. The van der Waals surface area contributed by atoms with Gasteiger partial charge >= 0.3 is 0 Å². The van der Waals surface area contributed by atoms with E-state index in [1.807, 2.05) is 31.4 Å². The molecule has 3 heterocycles. The van der Waals surface area contributed by atoms with Gasteiger partial charge in [0.1, 0.15) is 5.82 Å². The van der Waals surface area contributed by atoms with Crippen LogP contribution in [0.5, 0.6) is 0 Å². The number of nitrogens with zero attached hydrogens (tertiary/aromatic N) is 5. The fourth-order valence-corrected chi connectivity index (χ4v) is 4.96. The van der Waals surface area contributed by atoms with Crippen molar-refractivity contribution in [3.05, 3.63) is 30.2 Å². The largest absolute Gasteiger partial charge is 0.356 e. The molecule has 0 bridgehead atoms. The molecule has 2 aromatic rings. The second kappa shape index (κ2) is 9.89. The second-order valence-electron chi connectivity index (χ2n) is 8.21. The lowest BCUT2D eigenvalue weighted by molar-refractivity contribution is 0.115. The third-order valence-electron chi connectivity index (χ3n) is 6.35. The van der Waals surface area contributed by atoms with Crippen LogP contribution in [0.15, 0.2) is 29.4 Å². The Bertz CT molecular complexity index is 778. The summed E-state index contributed by atoms with van der Waals surface area (Å²) in [5.74, 6) is 2.04. The molecule has 2 aromatic heterocycles. The Kier molecular flexibility index (Phi) is 7.54. The standard InChI is InChI=1S/C21H32N6.HI/c1-22-20(23-14-10-19-25-24-18-9-4-7-16-27(18)19)26-15-8-13-21(17-26)11-5-2-3-6-12-21;/h4,7,9,16H,2-3,5-6,8,10-15,17H2,1H3,(H,22,23);1H. The number of pyridine rings is 1. The molecule has 1 aliphatic carbocycles. The molecule has 28 heavy (non-hydrogen) atoms. The third-order valence-corrected chi connectivity index (χ3v) is 6.35. The minimum Gasteiger partial charge on any atom is -0.356 e. The lowest BCUT2D eigenvalue weighted by Gasteiger charge is -2.44. The van der Waals surface area contributed by atoms with Gasteiger partial charge in [-0.05, 0) is 43.2 Å². The molecule has 1 spiro atoms. The lowest BCUT2D eigenvalue weighted by Crippen LogP contribution is -2.50. The van der Waals surface area contributed by atoms with Crippen LogP contribution in [-0.2, 0) is 6.42 Å². The molecular formula is C21H33IN6. The van der Waals surface area contributed by atoms with Crippen molar-refractivity contribution >= 4 is 35.6 Å². The molecule has 7 heteroatoms. The number of piperidine rings is 1. The van der Waals surface area contributed by atoms with Gasteiger partial charge in [0.2, 0.25) is 0 Å². The van der Waals surface area contributed by atoms with Gasteiger partial charge in [-0.1, -0.05) is 31.7 Å². The predicted octanol–water partition coefficient (Wildman–Crippen LogP) is 3.90. The topological polar surface area (TPSA) is 57.8 Å². The highest BCUT2D eigenvalue weighted by Gasteiger charge is 2.36. The highest BCUT2D eigenvalue weighted by molar-refractivity contribution is 14.0. The van der Waals surface area contributed by atoms with Crippen LogP contribution in [0.2, 0.25) is 0 Å². The first-order chi connectivity index (χ1) is 13.3. The molecule has 1 N–H and O–H groups in total. The van der Waals surface area contributed by atoms with Crippen LogP contribution in [0.25, 0.3) is 5.65 Å². The molecule has 2 fully saturated rings. The molecule has 4 rings (SSSR count). The van der Waals surface area contributed by atoms with Crippen LogP contribution in [0.3, 0.4) is 0 Å². The number of rotatable bonds is 3. The summed E-state index contributed by atoms with van der Waals surface area (Å²) in [4.78, 5) is 7.08. The monoisotopic (exact) mass is 496 g/mol. The van der Waals surface area contributed by atoms with Crippen LogP contribution in [0.4, 0.5) is 0 Å². The van der Waals surface area contributed by atoms with Crippen molar-refractivity contribution in [2.75, 3.05) is 26.7 Å². The van der Waals surface area contributed by atoms with Crippen molar-refractivity contribution in [1.82, 2.24) is 24.8 Å². The summed E-state index contributed by atoms with van der Waals surface area (Å²) in [6.07, 6.45) is 14.0. The number of halogens is 1. The predicted molar refractivity (Wildman–Crippen MR) is 124 cm³/mol. The highest BCUT2D eigenvalue weighted by atomic mass is 127. The van der Waals surface area contributed by atoms with E-state index < -0.39 is 0 Å². The summed E-state index contributed by atoms with van der Waals surface area (Å²) in [6.45, 7) is 3.11. The fraction of sp³-hybridized carbons (Fsp3) is 0.667. The van der Waals surface area contributed by atoms with E-state index in [-0.39, 0.29) is 24.0 Å². The number of hydrogen-bond acceptors (Lipinski definition) is 3. The van der Waals surface area contributed by atoms with Gasteiger partial charge in [0, 0.05) is 39.3 Å². The van der Waals surface area contributed by atoms with Crippen molar-refractivity contribution in [2.45, 2.75) is 57.8 Å². The Morgan fingerprint density at radius 1 is 1.11 bits per heavy atom. The number of nitrogens with one attached hydrogen (secondary N) is 1. The van der Waals surface area contributed by atoms with Crippen molar-refractivity contribution in [3.63, 3.8) is 0 Å². The van der Waals surface area contributed by atoms with E-state index >= 15 is 0 Å². The number of aliphatic imine (C=N–C) groups is 1. The van der Waals surface area contributed by atoms with Crippen molar-refractivity contribution in [1.29, 1.82) is 0 Å². The van der Waals surface area contributed by atoms with Gasteiger partial charge in [-0.2, -0.15) is 0 Å². The van der Waals surface area contributed by atoms with Crippen LogP contribution in [0.1, 0.15) is 57.2 Å². The Morgan fingerprint density at radius 3 is 2.68 bits per heavy atom. The first-order valence-corrected chi connectivity index (χ1v) is 10.5. The average Bonchev–Trinajstić information content (AvgIpc) is 2.98. The summed E-state index contributed by atoms with van der Waals surface area (Å²) in [5.41, 5.74) is 1.43. The number of hydrogen-bond donors (Lipinski definition) is 1. The Morgan fingerprint density at radius 2 is 1.89 bits per heavy atom. The van der Waals surface area contributed by atoms with Crippen molar-refractivity contribution < 1.29 is 0 Å². The second-order valence-corrected chi connectivity index (χ2v) is 8.21. The van der Waals surface area contributed by atoms with Crippen molar-refractivity contribution in [3.8, 4) is 0 Å². The van der Waals surface area contributed by atoms with Crippen molar-refractivity contribution in [2.24, 2.45) is 10.4 Å². The number of aromatic nitrogens is 3. The van der Waals surface area contributed by atoms with Gasteiger partial charge in [-0.3, -0.25) is 9.39 Å². The van der Waals surface area contributed by atoms with E-state index in [1.165, 1.54) is 57.9 Å². The molecule has 2 aliphatic rings. The summed E-state index contributed by atoms with van der Waals surface area (Å²) < 4.78 is 2.06. The maximum absolute atomic E-state index is 4.58. The van der Waals surface area contributed by atoms with E-state index in [0.717, 1.165) is 36.9 Å². The first-order valence-electron chi connectivity index (χ1n) is 10.5. The summed E-state index contributed by atoms with van der Waals surface area (Å²) in [6, 6.07) is 6.00. The minimum absolute atomic E-state index is 0. The fourth-order valence-electron chi connectivity index (χ4n) is 4.96. The number of fused-ring (bicyclic) bond motifs is 1. The Balaban J connectivity index is 0.00000225. The van der Waals surface area contributed by atoms with E-state index in [9.17, 15) is 0 Å². The van der Waals surface area contributed by atoms with Gasteiger partial charge < -0.3 is 10.2 Å². The van der Waals surface area contributed by atoms with Crippen LogP contribution < -0.4 is 5.32 Å². The first kappa shape index (κ1) is 21.3. The van der Waals surface area contributed by atoms with Gasteiger partial charge in [0.25, 0.3) is 0 Å². The Hall–Kier alpha value is -1.38. The molecule has 0 radical (unpaired) electrons. The quantitative estimate of drug-likeness (QED) is 0.398. The van der Waals surface area contributed by atoms with Crippen LogP contribution >= 0.6 is 24.0 Å². The van der Waals surface area contributed by atoms with E-state index in [2.05, 4.69) is 29.8 Å². The minimum atomic E-state index is 0. The van der Waals surface area contributed by atoms with Gasteiger partial charge in [0.05, 0.1) is 0 Å². The molecule has 1 aliphatic heterocycles. The molecule has 6 nitrogen and oxygen atoms in total. The number of guanidine groups is 1. The van der Waals surface area contributed by atoms with E-state index in [1.54, 1.807) is 0 Å². The zero-order valence-corrected chi connectivity index (χ0v) is 19.3. The Labute approximate surface area is 185 Å². The third kappa shape index (κ3) is 4.78. The van der Waals surface area contributed by atoms with Gasteiger partial charge in [-0.25, -0.2) is 0 Å². The van der Waals surface area contributed by atoms with Crippen LogP contribution in [-0.4, -0.2) is 52.1 Å². The summed E-state index contributed by atoms with van der Waals surface area (Å²) >= 11 is 0. The van der Waals surface area contributed by atoms with E-state index in [4.69, 9.17) is 0 Å². The molecule has 1 saturated heterocycles. The molecule has 154 valence electrons. The molecule has 0 aromatic carbocycles. The van der Waals surface area contributed by atoms with Gasteiger partial charge in [0.15, 0.2) is 11.6 Å². The van der Waals surface area contributed by atoms with Gasteiger partial charge in [-0.15, -0.1) is 34.2 Å². The summed E-state index contributed by atoms with van der Waals surface area (Å²) in [5, 5.41) is 12.1. The number of likely N-dealkylation sites (tertiary alicyclic amines) is 1. The average molecular weight is 496 g/mol. The lowest BCUT2D eigenvalue weighted by atomic mass is 9.74. The molecule has 1 saturated carbocycles. The maximum atomic E-state index is 4.58. The SMILES string of the molecule is CN=C(NCCc1nnc2ccccn12)N1CCCC2(CCCCCC2)C1.I. The maximum Gasteiger partial charge on any atom is 0.193 e. The van der Waals surface area contributed by atoms with E-state index in [0.29, 0.717) is 5.41 Å². The zero-order valence-electron chi connectivity index (χ0n) is 16.9. The van der Waals surface area contributed by atoms with Crippen LogP contribution in [0, 0.1) is 5.41 Å². The highest BCUT2D eigenvalue weighted by Crippen LogP contribution is 2.42. The summed E-state index contributed by atoms with van der Waals surface area (Å²) in [7, 11) is 1.91. The molecule has 0 atom stereocenters. The normalized spacial score (nSPS) is 20.0. The smallest absolute Gasteiger partial charge is 0.193 e. The molecular weight excluding hydrogens is 463 g/mol. The molecule has 0 unspecified atom stereocenters. The zero-order chi connectivity index (χ0) is 18.5.